The Balaban J connectivity index is 2.46. The monoisotopic (exact) mass is 193 g/mol. The summed E-state index contributed by atoms with van der Waals surface area (Å²) in [6, 6.07) is 9.58. The van der Waals surface area contributed by atoms with Crippen LogP contribution in [0.25, 0.3) is 0 Å². The second-order valence-corrected chi connectivity index (χ2v) is 3.45. The fourth-order valence-corrected chi connectivity index (χ4v) is 0.969. The first-order valence-corrected chi connectivity index (χ1v) is 4.40. The van der Waals surface area contributed by atoms with Gasteiger partial charge >= 0.3 is 0 Å². The molecule has 0 unspecified atom stereocenters. The lowest BCUT2D eigenvalue weighted by Gasteiger charge is -2.17. The van der Waals surface area contributed by atoms with Crippen LogP contribution < -0.4 is 16.8 Å². The predicted octanol–water partition coefficient (Wildman–Crippen LogP) is -0.0636. The van der Waals surface area contributed by atoms with Crippen LogP contribution in [0.15, 0.2) is 30.3 Å². The van der Waals surface area contributed by atoms with Crippen molar-refractivity contribution in [2.45, 2.75) is 19.1 Å². The lowest BCUT2D eigenvalue weighted by molar-refractivity contribution is -0.125. The number of nitrogens with one attached hydrogen (secondary N) is 1. The Morgan fingerprint density at radius 2 is 1.93 bits per heavy atom. The quantitative estimate of drug-likeness (QED) is 0.588. The van der Waals surface area contributed by atoms with Gasteiger partial charge in [-0.1, -0.05) is 30.3 Å². The number of carbonyl (C=O) groups excluding carboxylic acids is 1. The largest absolute Gasteiger partial charge is 0.349 e. The summed E-state index contributed by atoms with van der Waals surface area (Å²) >= 11 is 0. The van der Waals surface area contributed by atoms with Crippen molar-refractivity contribution in [1.29, 1.82) is 0 Å². The first-order chi connectivity index (χ1) is 6.50. The van der Waals surface area contributed by atoms with Gasteiger partial charge in [0.1, 0.15) is 5.66 Å². The Kier molecular flexibility index (Phi) is 3.22. The van der Waals surface area contributed by atoms with Crippen LogP contribution in [-0.4, -0.2) is 11.6 Å². The van der Waals surface area contributed by atoms with Crippen molar-refractivity contribution in [3.8, 4) is 0 Å². The molecule has 1 rings (SSSR count). The van der Waals surface area contributed by atoms with E-state index in [2.05, 4.69) is 5.32 Å². The molecule has 4 heteroatoms. The lowest BCUT2D eigenvalue weighted by Crippen LogP contribution is -2.58. The fourth-order valence-electron chi connectivity index (χ4n) is 0.969. The van der Waals surface area contributed by atoms with Crippen molar-refractivity contribution in [1.82, 2.24) is 5.32 Å². The van der Waals surface area contributed by atoms with E-state index in [1.807, 2.05) is 30.3 Å². The Morgan fingerprint density at radius 1 is 1.36 bits per heavy atom. The minimum absolute atomic E-state index is 0.360. The molecule has 76 valence electrons. The van der Waals surface area contributed by atoms with Crippen molar-refractivity contribution in [2.24, 2.45) is 11.5 Å². The smallest absolute Gasteiger partial charge is 0.254 e. The molecule has 0 heterocycles. The molecule has 0 saturated carbocycles. The van der Waals surface area contributed by atoms with E-state index < -0.39 is 5.66 Å². The van der Waals surface area contributed by atoms with Gasteiger partial charge in [0.15, 0.2) is 0 Å². The Bertz CT molecular complexity index is 303. The SMILES string of the molecule is CC(N)(N)C(=O)NCc1ccccc1. The van der Waals surface area contributed by atoms with E-state index in [4.69, 9.17) is 11.5 Å². The molecule has 0 radical (unpaired) electrons. The number of carbonyl (C=O) groups is 1. The van der Waals surface area contributed by atoms with Crippen molar-refractivity contribution >= 4 is 5.91 Å². The number of benzene rings is 1. The molecule has 0 atom stereocenters. The summed E-state index contributed by atoms with van der Waals surface area (Å²) in [7, 11) is 0. The predicted molar refractivity (Wildman–Crippen MR) is 55.1 cm³/mol. The maximum atomic E-state index is 11.3. The Morgan fingerprint density at radius 3 is 2.43 bits per heavy atom. The molecule has 0 aliphatic rings. The third-order valence-corrected chi connectivity index (χ3v) is 1.79. The average Bonchev–Trinajstić information content (AvgIpc) is 2.14. The van der Waals surface area contributed by atoms with E-state index in [-0.39, 0.29) is 5.91 Å². The molecule has 4 nitrogen and oxygen atoms in total. The van der Waals surface area contributed by atoms with Gasteiger partial charge in [-0.2, -0.15) is 0 Å². The summed E-state index contributed by atoms with van der Waals surface area (Å²) in [4.78, 5) is 11.3. The summed E-state index contributed by atoms with van der Waals surface area (Å²) in [5, 5.41) is 2.65. The van der Waals surface area contributed by atoms with Crippen LogP contribution in [0, 0.1) is 0 Å². The van der Waals surface area contributed by atoms with Gasteiger partial charge in [-0.3, -0.25) is 4.79 Å². The normalized spacial score (nSPS) is 11.1. The van der Waals surface area contributed by atoms with Crippen molar-refractivity contribution < 1.29 is 4.79 Å². The van der Waals surface area contributed by atoms with Crippen LogP contribution in [0.4, 0.5) is 0 Å². The molecular formula is C10H15N3O. The van der Waals surface area contributed by atoms with Gasteiger partial charge in [0.05, 0.1) is 0 Å². The highest BCUT2D eigenvalue weighted by Crippen LogP contribution is 1.98. The number of amides is 1. The first kappa shape index (κ1) is 10.7. The van der Waals surface area contributed by atoms with E-state index in [0.717, 1.165) is 5.56 Å². The molecule has 0 aliphatic heterocycles. The first-order valence-electron chi connectivity index (χ1n) is 4.40. The maximum absolute atomic E-state index is 11.3. The second-order valence-electron chi connectivity index (χ2n) is 3.45. The molecule has 5 N–H and O–H groups in total. The highest BCUT2D eigenvalue weighted by Gasteiger charge is 2.21. The van der Waals surface area contributed by atoms with E-state index in [1.165, 1.54) is 6.92 Å². The highest BCUT2D eigenvalue weighted by molar-refractivity contribution is 5.84. The average molecular weight is 193 g/mol. The third kappa shape index (κ3) is 3.16. The van der Waals surface area contributed by atoms with Crippen LogP contribution >= 0.6 is 0 Å². The van der Waals surface area contributed by atoms with Gasteiger partial charge in [0.25, 0.3) is 5.91 Å². The number of nitrogens with two attached hydrogens (primary N) is 2. The van der Waals surface area contributed by atoms with Gasteiger partial charge < -0.3 is 16.8 Å². The molecule has 1 amide bonds. The summed E-state index contributed by atoms with van der Waals surface area (Å²) in [6.45, 7) is 1.91. The van der Waals surface area contributed by atoms with E-state index in [1.54, 1.807) is 0 Å². The molecule has 14 heavy (non-hydrogen) atoms. The molecule has 0 aliphatic carbocycles. The standard InChI is InChI=1S/C10H15N3O/c1-10(11,12)9(14)13-7-8-5-3-2-4-6-8/h2-6H,7,11-12H2,1H3,(H,13,14). The third-order valence-electron chi connectivity index (χ3n) is 1.79. The second kappa shape index (κ2) is 4.21. The highest BCUT2D eigenvalue weighted by atomic mass is 16.2. The van der Waals surface area contributed by atoms with Crippen molar-refractivity contribution in [3.05, 3.63) is 35.9 Å². The molecule has 0 fully saturated rings. The zero-order chi connectivity index (χ0) is 10.6. The van der Waals surface area contributed by atoms with Gasteiger partial charge in [-0.15, -0.1) is 0 Å². The Labute approximate surface area is 83.3 Å². The molecule has 0 saturated heterocycles. The minimum Gasteiger partial charge on any atom is -0.349 e. The zero-order valence-corrected chi connectivity index (χ0v) is 8.16. The summed E-state index contributed by atoms with van der Waals surface area (Å²) in [5.41, 5.74) is 10.5. The van der Waals surface area contributed by atoms with E-state index in [0.29, 0.717) is 6.54 Å². The number of hydrogen-bond donors (Lipinski definition) is 3. The van der Waals surface area contributed by atoms with Crippen LogP contribution in [0.1, 0.15) is 12.5 Å². The molecule has 1 aromatic carbocycles. The van der Waals surface area contributed by atoms with Crippen LogP contribution in [0.5, 0.6) is 0 Å². The summed E-state index contributed by atoms with van der Waals surface area (Å²) in [5.74, 6) is -0.360. The van der Waals surface area contributed by atoms with Gasteiger partial charge in [0, 0.05) is 6.54 Å². The topological polar surface area (TPSA) is 81.1 Å². The van der Waals surface area contributed by atoms with E-state index >= 15 is 0 Å². The lowest BCUT2D eigenvalue weighted by atomic mass is 10.2. The van der Waals surface area contributed by atoms with Crippen molar-refractivity contribution in [3.63, 3.8) is 0 Å². The minimum atomic E-state index is -1.31. The zero-order valence-electron chi connectivity index (χ0n) is 8.16. The van der Waals surface area contributed by atoms with Crippen LogP contribution in [0.3, 0.4) is 0 Å². The molecular weight excluding hydrogens is 178 g/mol. The summed E-state index contributed by atoms with van der Waals surface area (Å²) < 4.78 is 0. The Hall–Kier alpha value is -1.39. The number of hydrogen-bond acceptors (Lipinski definition) is 3. The van der Waals surface area contributed by atoms with Gasteiger partial charge in [-0.05, 0) is 12.5 Å². The van der Waals surface area contributed by atoms with Crippen LogP contribution in [0.2, 0.25) is 0 Å². The number of rotatable bonds is 3. The van der Waals surface area contributed by atoms with Gasteiger partial charge in [0.2, 0.25) is 0 Å². The molecule has 0 aromatic heterocycles. The fraction of sp³-hybridized carbons (Fsp3) is 0.300. The van der Waals surface area contributed by atoms with E-state index in [9.17, 15) is 4.79 Å². The van der Waals surface area contributed by atoms with Gasteiger partial charge in [-0.25, -0.2) is 0 Å². The molecule has 0 spiro atoms. The molecule has 0 bridgehead atoms. The molecule has 1 aromatic rings. The maximum Gasteiger partial charge on any atom is 0.254 e. The van der Waals surface area contributed by atoms with Crippen molar-refractivity contribution in [2.75, 3.05) is 0 Å². The summed E-state index contributed by atoms with van der Waals surface area (Å²) in [6.07, 6.45) is 0. The van der Waals surface area contributed by atoms with Crippen LogP contribution in [-0.2, 0) is 11.3 Å².